The quantitative estimate of drug-likeness (QED) is 0.828. The van der Waals surface area contributed by atoms with E-state index >= 15 is 0 Å². The standard InChI is InChI=1S/C19H21N3O4/c1-14(23)20-9-11-21(12-10-20)19(25)15-3-8-18(24)22(13-15)16-4-6-17(26-2)7-5-16/h3-8,13H,9-12H2,1-2H3. The Balaban J connectivity index is 1.82. The first kappa shape index (κ1) is 17.7. The number of carbonyl (C=O) groups excluding carboxylic acids is 2. The molecule has 3 rings (SSSR count). The number of hydrogen-bond acceptors (Lipinski definition) is 4. The van der Waals surface area contributed by atoms with E-state index in [-0.39, 0.29) is 17.4 Å². The number of pyridine rings is 1. The molecule has 1 aromatic carbocycles. The summed E-state index contributed by atoms with van der Waals surface area (Å²) in [6.07, 6.45) is 1.56. The van der Waals surface area contributed by atoms with E-state index in [4.69, 9.17) is 4.74 Å². The highest BCUT2D eigenvalue weighted by atomic mass is 16.5. The van der Waals surface area contributed by atoms with Crippen LogP contribution in [0.4, 0.5) is 0 Å². The molecule has 0 N–H and O–H groups in total. The van der Waals surface area contributed by atoms with Gasteiger partial charge in [-0.2, -0.15) is 0 Å². The summed E-state index contributed by atoms with van der Waals surface area (Å²) < 4.78 is 6.57. The second kappa shape index (κ2) is 7.43. The average molecular weight is 355 g/mol. The lowest BCUT2D eigenvalue weighted by molar-refractivity contribution is -0.130. The smallest absolute Gasteiger partial charge is 0.255 e. The average Bonchev–Trinajstić information content (AvgIpc) is 2.68. The fraction of sp³-hybridized carbons (Fsp3) is 0.316. The molecular formula is C19H21N3O4. The Morgan fingerprint density at radius 2 is 1.54 bits per heavy atom. The number of nitrogens with zero attached hydrogens (tertiary/aromatic N) is 3. The Kier molecular flexibility index (Phi) is 5.06. The SMILES string of the molecule is COc1ccc(-n2cc(C(=O)N3CCN(C(C)=O)CC3)ccc2=O)cc1. The summed E-state index contributed by atoms with van der Waals surface area (Å²) >= 11 is 0. The molecule has 2 amide bonds. The van der Waals surface area contributed by atoms with Gasteiger partial charge in [-0.3, -0.25) is 19.0 Å². The molecule has 0 bridgehead atoms. The van der Waals surface area contributed by atoms with E-state index < -0.39 is 0 Å². The van der Waals surface area contributed by atoms with E-state index in [0.29, 0.717) is 43.2 Å². The van der Waals surface area contributed by atoms with Crippen molar-refractivity contribution in [2.75, 3.05) is 33.3 Å². The van der Waals surface area contributed by atoms with Gasteiger partial charge in [0.2, 0.25) is 5.91 Å². The molecule has 0 saturated carbocycles. The third-order valence-electron chi connectivity index (χ3n) is 4.52. The summed E-state index contributed by atoms with van der Waals surface area (Å²) in [7, 11) is 1.58. The number of amides is 2. The highest BCUT2D eigenvalue weighted by Crippen LogP contribution is 2.15. The summed E-state index contributed by atoms with van der Waals surface area (Å²) in [6, 6.07) is 9.99. The zero-order valence-electron chi connectivity index (χ0n) is 14.8. The topological polar surface area (TPSA) is 71.8 Å². The van der Waals surface area contributed by atoms with Gasteiger partial charge in [-0.05, 0) is 30.3 Å². The summed E-state index contributed by atoms with van der Waals surface area (Å²) in [5.41, 5.74) is 0.886. The van der Waals surface area contributed by atoms with Crippen LogP contribution in [0.15, 0.2) is 47.4 Å². The summed E-state index contributed by atoms with van der Waals surface area (Å²) in [5.74, 6) is 0.568. The van der Waals surface area contributed by atoms with E-state index in [1.54, 1.807) is 53.4 Å². The van der Waals surface area contributed by atoms with Crippen molar-refractivity contribution in [3.05, 3.63) is 58.5 Å². The minimum absolute atomic E-state index is 0.0187. The lowest BCUT2D eigenvalue weighted by Crippen LogP contribution is -2.50. The fourth-order valence-electron chi connectivity index (χ4n) is 2.97. The van der Waals surface area contributed by atoms with E-state index in [0.717, 1.165) is 0 Å². The Morgan fingerprint density at radius 3 is 2.12 bits per heavy atom. The Labute approximate surface area is 151 Å². The van der Waals surface area contributed by atoms with Gasteiger partial charge in [0.05, 0.1) is 12.7 Å². The second-order valence-electron chi connectivity index (χ2n) is 6.12. The Hall–Kier alpha value is -3.09. The van der Waals surface area contributed by atoms with Gasteiger partial charge in [-0.15, -0.1) is 0 Å². The first-order valence-electron chi connectivity index (χ1n) is 8.41. The molecule has 2 heterocycles. The summed E-state index contributed by atoms with van der Waals surface area (Å²) in [6.45, 7) is 3.56. The Bertz CT molecular complexity index is 865. The predicted molar refractivity (Wildman–Crippen MR) is 96.7 cm³/mol. The first-order chi connectivity index (χ1) is 12.5. The van der Waals surface area contributed by atoms with Crippen LogP contribution in [0, 0.1) is 0 Å². The number of aromatic nitrogens is 1. The largest absolute Gasteiger partial charge is 0.497 e. The molecule has 0 atom stereocenters. The maximum atomic E-state index is 12.8. The molecule has 2 aromatic rings. The van der Waals surface area contributed by atoms with Crippen LogP contribution in [-0.2, 0) is 4.79 Å². The van der Waals surface area contributed by atoms with Gasteiger partial charge in [0.1, 0.15) is 5.75 Å². The van der Waals surface area contributed by atoms with Gasteiger partial charge in [-0.25, -0.2) is 0 Å². The van der Waals surface area contributed by atoms with Crippen LogP contribution >= 0.6 is 0 Å². The third kappa shape index (κ3) is 3.61. The van der Waals surface area contributed by atoms with Crippen LogP contribution in [0.2, 0.25) is 0 Å². The molecule has 7 nitrogen and oxygen atoms in total. The van der Waals surface area contributed by atoms with E-state index in [1.165, 1.54) is 17.6 Å². The first-order valence-corrected chi connectivity index (χ1v) is 8.41. The van der Waals surface area contributed by atoms with Crippen molar-refractivity contribution in [2.24, 2.45) is 0 Å². The van der Waals surface area contributed by atoms with E-state index in [2.05, 4.69) is 0 Å². The normalized spacial score (nSPS) is 14.2. The van der Waals surface area contributed by atoms with Gasteiger partial charge in [-0.1, -0.05) is 0 Å². The van der Waals surface area contributed by atoms with Gasteiger partial charge in [0, 0.05) is 51.1 Å². The maximum absolute atomic E-state index is 12.8. The van der Waals surface area contributed by atoms with Crippen molar-refractivity contribution in [2.45, 2.75) is 6.92 Å². The fourth-order valence-corrected chi connectivity index (χ4v) is 2.97. The van der Waals surface area contributed by atoms with Crippen molar-refractivity contribution >= 4 is 11.8 Å². The number of rotatable bonds is 3. The zero-order chi connectivity index (χ0) is 18.7. The third-order valence-corrected chi connectivity index (χ3v) is 4.52. The summed E-state index contributed by atoms with van der Waals surface area (Å²) in [5, 5.41) is 0. The maximum Gasteiger partial charge on any atom is 0.255 e. The number of hydrogen-bond donors (Lipinski definition) is 0. The molecule has 1 aromatic heterocycles. The van der Waals surface area contributed by atoms with Crippen LogP contribution in [0.1, 0.15) is 17.3 Å². The molecule has 0 radical (unpaired) electrons. The molecule has 1 fully saturated rings. The molecule has 0 unspecified atom stereocenters. The summed E-state index contributed by atoms with van der Waals surface area (Å²) in [4.78, 5) is 39.8. The van der Waals surface area contributed by atoms with Crippen LogP contribution in [0.3, 0.4) is 0 Å². The van der Waals surface area contributed by atoms with E-state index in [9.17, 15) is 14.4 Å². The van der Waals surface area contributed by atoms with Crippen LogP contribution in [0.25, 0.3) is 5.69 Å². The Morgan fingerprint density at radius 1 is 0.923 bits per heavy atom. The highest BCUT2D eigenvalue weighted by molar-refractivity contribution is 5.94. The second-order valence-corrected chi connectivity index (χ2v) is 6.12. The number of methoxy groups -OCH3 is 1. The van der Waals surface area contributed by atoms with Gasteiger partial charge in [0.15, 0.2) is 0 Å². The molecule has 26 heavy (non-hydrogen) atoms. The molecular weight excluding hydrogens is 334 g/mol. The molecule has 0 spiro atoms. The molecule has 1 aliphatic heterocycles. The van der Waals surface area contributed by atoms with Crippen LogP contribution < -0.4 is 10.3 Å². The number of carbonyl (C=O) groups is 2. The predicted octanol–water partition coefficient (Wildman–Crippen LogP) is 1.15. The lowest BCUT2D eigenvalue weighted by atomic mass is 10.2. The van der Waals surface area contributed by atoms with Crippen molar-refractivity contribution in [3.63, 3.8) is 0 Å². The monoisotopic (exact) mass is 355 g/mol. The molecule has 1 saturated heterocycles. The lowest BCUT2D eigenvalue weighted by Gasteiger charge is -2.34. The molecule has 7 heteroatoms. The highest BCUT2D eigenvalue weighted by Gasteiger charge is 2.23. The minimum Gasteiger partial charge on any atom is -0.497 e. The van der Waals surface area contributed by atoms with Gasteiger partial charge in [0.25, 0.3) is 11.5 Å². The van der Waals surface area contributed by atoms with Crippen molar-refractivity contribution in [3.8, 4) is 11.4 Å². The van der Waals surface area contributed by atoms with Crippen molar-refractivity contribution in [1.82, 2.24) is 14.4 Å². The minimum atomic E-state index is -0.215. The van der Waals surface area contributed by atoms with Gasteiger partial charge < -0.3 is 14.5 Å². The van der Waals surface area contributed by atoms with Crippen LogP contribution in [0.5, 0.6) is 5.75 Å². The number of ether oxygens (including phenoxy) is 1. The van der Waals surface area contributed by atoms with Gasteiger partial charge >= 0.3 is 0 Å². The van der Waals surface area contributed by atoms with Crippen LogP contribution in [-0.4, -0.2) is 59.5 Å². The van der Waals surface area contributed by atoms with Crippen molar-refractivity contribution < 1.29 is 14.3 Å². The molecule has 0 aliphatic carbocycles. The number of piperazine rings is 1. The van der Waals surface area contributed by atoms with E-state index in [1.807, 2.05) is 0 Å². The van der Waals surface area contributed by atoms with Crippen molar-refractivity contribution in [1.29, 1.82) is 0 Å². The number of benzene rings is 1. The molecule has 1 aliphatic rings. The zero-order valence-corrected chi connectivity index (χ0v) is 14.8. The molecule has 136 valence electrons.